The lowest BCUT2D eigenvalue weighted by Gasteiger charge is -2.44. The van der Waals surface area contributed by atoms with E-state index in [4.69, 9.17) is 5.11 Å². The normalized spacial score (nSPS) is 20.1. The number of piperidine rings is 1. The van der Waals surface area contributed by atoms with E-state index in [1.807, 2.05) is 12.1 Å². The molecule has 0 spiro atoms. The highest BCUT2D eigenvalue weighted by Crippen LogP contribution is 2.34. The zero-order chi connectivity index (χ0) is 17.2. The number of hydrogen-bond donors (Lipinski definition) is 2. The van der Waals surface area contributed by atoms with E-state index in [9.17, 15) is 5.26 Å². The lowest BCUT2D eigenvalue weighted by atomic mass is 9.81. The van der Waals surface area contributed by atoms with Gasteiger partial charge in [0.2, 0.25) is 0 Å². The molecule has 0 radical (unpaired) electrons. The predicted molar refractivity (Wildman–Crippen MR) is 93.7 cm³/mol. The fraction of sp³-hybridized carbons (Fsp3) is 0.500. The molecule has 2 N–H and O–H groups in total. The van der Waals surface area contributed by atoms with Crippen LogP contribution in [0, 0.1) is 16.7 Å². The van der Waals surface area contributed by atoms with Gasteiger partial charge >= 0.3 is 0 Å². The highest BCUT2D eigenvalue weighted by atomic mass is 16.3. The molecule has 2 aromatic rings. The van der Waals surface area contributed by atoms with E-state index in [2.05, 4.69) is 40.1 Å². The minimum Gasteiger partial charge on any atom is -0.395 e. The van der Waals surface area contributed by atoms with Gasteiger partial charge in [-0.05, 0) is 24.0 Å². The molecule has 3 rings (SSSR count). The Morgan fingerprint density at radius 3 is 2.79 bits per heavy atom. The maximum Gasteiger partial charge on any atom is 0.113 e. The van der Waals surface area contributed by atoms with Gasteiger partial charge in [-0.2, -0.15) is 5.26 Å². The van der Waals surface area contributed by atoms with Crippen molar-refractivity contribution in [1.82, 2.24) is 15.3 Å². The number of benzene rings is 1. The molecule has 6 heteroatoms. The maximum atomic E-state index is 9.29. The van der Waals surface area contributed by atoms with Crippen molar-refractivity contribution in [3.05, 3.63) is 30.1 Å². The van der Waals surface area contributed by atoms with E-state index in [1.54, 1.807) is 12.4 Å². The molecule has 1 aromatic heterocycles. The molecule has 0 aliphatic carbocycles. The SMILES string of the molecule is CC1(C)CC(NCCO)CN(c2ccc(C#N)c3nccnc23)C1. The molecule has 1 fully saturated rings. The van der Waals surface area contributed by atoms with Gasteiger partial charge in [0.15, 0.2) is 0 Å². The number of aromatic nitrogens is 2. The topological polar surface area (TPSA) is 85.1 Å². The summed E-state index contributed by atoms with van der Waals surface area (Å²) in [6.45, 7) is 7.02. The summed E-state index contributed by atoms with van der Waals surface area (Å²) in [4.78, 5) is 11.2. The minimum atomic E-state index is 0.141. The average Bonchev–Trinajstić information content (AvgIpc) is 2.57. The van der Waals surface area contributed by atoms with Crippen LogP contribution in [-0.4, -0.2) is 47.4 Å². The van der Waals surface area contributed by atoms with Crippen molar-refractivity contribution >= 4 is 16.7 Å². The van der Waals surface area contributed by atoms with Crippen LogP contribution in [0.5, 0.6) is 0 Å². The second-order valence-corrected chi connectivity index (χ2v) is 7.12. The van der Waals surface area contributed by atoms with Gasteiger partial charge in [-0.1, -0.05) is 13.8 Å². The number of aliphatic hydroxyl groups excluding tert-OH is 1. The van der Waals surface area contributed by atoms with Gasteiger partial charge in [0.1, 0.15) is 17.1 Å². The highest BCUT2D eigenvalue weighted by Gasteiger charge is 2.33. The van der Waals surface area contributed by atoms with Gasteiger partial charge in [0, 0.05) is 38.1 Å². The second-order valence-electron chi connectivity index (χ2n) is 7.12. The molecule has 1 saturated heterocycles. The van der Waals surface area contributed by atoms with Crippen LogP contribution in [0.25, 0.3) is 11.0 Å². The van der Waals surface area contributed by atoms with Gasteiger partial charge in [0.05, 0.1) is 17.9 Å². The first-order valence-corrected chi connectivity index (χ1v) is 8.27. The van der Waals surface area contributed by atoms with Crippen molar-refractivity contribution in [1.29, 1.82) is 5.26 Å². The Balaban J connectivity index is 1.98. The van der Waals surface area contributed by atoms with Crippen molar-refractivity contribution in [2.24, 2.45) is 5.41 Å². The number of fused-ring (bicyclic) bond motifs is 1. The minimum absolute atomic E-state index is 0.141. The van der Waals surface area contributed by atoms with Gasteiger partial charge in [0.25, 0.3) is 0 Å². The van der Waals surface area contributed by atoms with E-state index < -0.39 is 0 Å². The van der Waals surface area contributed by atoms with Crippen LogP contribution in [0.1, 0.15) is 25.8 Å². The molecule has 1 aromatic carbocycles. The van der Waals surface area contributed by atoms with Crippen molar-refractivity contribution in [2.45, 2.75) is 26.3 Å². The van der Waals surface area contributed by atoms with Crippen LogP contribution in [0.4, 0.5) is 5.69 Å². The summed E-state index contributed by atoms with van der Waals surface area (Å²) in [7, 11) is 0. The summed E-state index contributed by atoms with van der Waals surface area (Å²) in [6.07, 6.45) is 4.35. The molecule has 0 amide bonds. The van der Waals surface area contributed by atoms with Crippen LogP contribution in [-0.2, 0) is 0 Å². The third-order valence-corrected chi connectivity index (χ3v) is 4.47. The quantitative estimate of drug-likeness (QED) is 0.890. The van der Waals surface area contributed by atoms with Crippen LogP contribution >= 0.6 is 0 Å². The van der Waals surface area contributed by atoms with Gasteiger partial charge in [-0.3, -0.25) is 9.97 Å². The second kappa shape index (κ2) is 6.71. The summed E-state index contributed by atoms with van der Waals surface area (Å²) < 4.78 is 0. The maximum absolute atomic E-state index is 9.29. The third kappa shape index (κ3) is 3.32. The molecule has 24 heavy (non-hydrogen) atoms. The number of hydrogen-bond acceptors (Lipinski definition) is 6. The summed E-state index contributed by atoms with van der Waals surface area (Å²) >= 11 is 0. The number of anilines is 1. The summed E-state index contributed by atoms with van der Waals surface area (Å²) in [5.41, 5.74) is 3.14. The summed E-state index contributed by atoms with van der Waals surface area (Å²) in [6, 6.07) is 6.30. The molecule has 1 atom stereocenters. The Morgan fingerprint density at radius 2 is 2.08 bits per heavy atom. The van der Waals surface area contributed by atoms with E-state index in [1.165, 1.54) is 0 Å². The van der Waals surface area contributed by atoms with Gasteiger partial charge in [-0.15, -0.1) is 0 Å². The summed E-state index contributed by atoms with van der Waals surface area (Å²) in [5.74, 6) is 0. The van der Waals surface area contributed by atoms with Crippen molar-refractivity contribution in [2.75, 3.05) is 31.1 Å². The average molecular weight is 325 g/mol. The number of nitrogens with one attached hydrogen (secondary N) is 1. The van der Waals surface area contributed by atoms with Crippen LogP contribution in [0.3, 0.4) is 0 Å². The predicted octanol–water partition coefficient (Wildman–Crippen LogP) is 1.69. The first kappa shape index (κ1) is 16.6. The lowest BCUT2D eigenvalue weighted by Crippen LogP contribution is -2.53. The molecule has 2 heterocycles. The summed E-state index contributed by atoms with van der Waals surface area (Å²) in [5, 5.41) is 21.8. The molecule has 126 valence electrons. The van der Waals surface area contributed by atoms with Crippen molar-refractivity contribution in [3.63, 3.8) is 0 Å². The van der Waals surface area contributed by atoms with Crippen LogP contribution in [0.2, 0.25) is 0 Å². The Morgan fingerprint density at radius 1 is 1.33 bits per heavy atom. The Bertz CT molecular complexity index is 768. The van der Waals surface area contributed by atoms with E-state index in [0.717, 1.165) is 30.7 Å². The third-order valence-electron chi connectivity index (χ3n) is 4.47. The Labute approximate surface area is 142 Å². The van der Waals surface area contributed by atoms with Crippen molar-refractivity contribution in [3.8, 4) is 6.07 Å². The van der Waals surface area contributed by atoms with Crippen LogP contribution < -0.4 is 10.2 Å². The number of aliphatic hydroxyl groups is 1. The zero-order valence-corrected chi connectivity index (χ0v) is 14.2. The van der Waals surface area contributed by atoms with E-state index in [-0.39, 0.29) is 12.0 Å². The highest BCUT2D eigenvalue weighted by molar-refractivity contribution is 5.92. The zero-order valence-electron chi connectivity index (χ0n) is 14.2. The molecular formula is C18H23N5O. The molecule has 6 nitrogen and oxygen atoms in total. The number of rotatable bonds is 4. The smallest absolute Gasteiger partial charge is 0.113 e. The van der Waals surface area contributed by atoms with E-state index >= 15 is 0 Å². The van der Waals surface area contributed by atoms with Crippen molar-refractivity contribution < 1.29 is 5.11 Å². The van der Waals surface area contributed by atoms with Gasteiger partial charge in [-0.25, -0.2) is 0 Å². The largest absolute Gasteiger partial charge is 0.395 e. The lowest BCUT2D eigenvalue weighted by molar-refractivity contribution is 0.225. The first-order chi connectivity index (χ1) is 11.5. The van der Waals surface area contributed by atoms with Gasteiger partial charge < -0.3 is 15.3 Å². The molecule has 1 unspecified atom stereocenters. The standard InChI is InChI=1S/C18H23N5O/c1-18(2)9-14(20-7-8-24)11-23(12-18)15-4-3-13(10-19)16-17(15)22-6-5-21-16/h3-6,14,20,24H,7-9,11-12H2,1-2H3. The number of nitrogens with zero attached hydrogens (tertiary/aromatic N) is 4. The first-order valence-electron chi connectivity index (χ1n) is 8.27. The van der Waals surface area contributed by atoms with E-state index in [0.29, 0.717) is 23.7 Å². The molecule has 0 bridgehead atoms. The number of nitriles is 1. The van der Waals surface area contributed by atoms with Crippen LogP contribution in [0.15, 0.2) is 24.5 Å². The fourth-order valence-corrected chi connectivity index (χ4v) is 3.62. The monoisotopic (exact) mass is 325 g/mol. The molecule has 1 aliphatic rings. The molecular weight excluding hydrogens is 302 g/mol. The fourth-order valence-electron chi connectivity index (χ4n) is 3.62. The Hall–Kier alpha value is -2.23. The molecule has 1 aliphatic heterocycles. The Kier molecular flexibility index (Phi) is 4.65. The molecule has 0 saturated carbocycles.